The zero-order chi connectivity index (χ0) is 11.0. The smallest absolute Gasteiger partial charge is 0.186 e. The minimum absolute atomic E-state index is 0.400. The molecule has 14 heavy (non-hydrogen) atoms. The van der Waals surface area contributed by atoms with E-state index in [1.54, 1.807) is 0 Å². The monoisotopic (exact) mass is 218 g/mol. The van der Waals surface area contributed by atoms with Crippen molar-refractivity contribution in [2.45, 2.75) is 45.0 Å². The van der Waals surface area contributed by atoms with Crippen LogP contribution < -0.4 is 0 Å². The molecule has 0 spiro atoms. The number of hydrogen-bond donors (Lipinski definition) is 0. The van der Waals surface area contributed by atoms with E-state index in [0.717, 1.165) is 12.3 Å². The maximum Gasteiger partial charge on any atom is 0.186 e. The lowest BCUT2D eigenvalue weighted by atomic mass is 10.4. The lowest BCUT2D eigenvalue weighted by Gasteiger charge is -2.24. The van der Waals surface area contributed by atoms with Crippen molar-refractivity contribution in [2.75, 3.05) is 13.7 Å². The van der Waals surface area contributed by atoms with Crippen LogP contribution in [0.1, 0.15) is 19.8 Å². The highest BCUT2D eigenvalue weighted by atomic mass is 28.4. The van der Waals surface area contributed by atoms with E-state index in [1.165, 1.54) is 20.0 Å². The van der Waals surface area contributed by atoms with E-state index in [2.05, 4.69) is 20.0 Å². The van der Waals surface area contributed by atoms with Gasteiger partial charge in [-0.05, 0) is 19.1 Å². The largest absolute Gasteiger partial charge is 0.414 e. The summed E-state index contributed by atoms with van der Waals surface area (Å²) in [5.41, 5.74) is 0. The van der Waals surface area contributed by atoms with Gasteiger partial charge in [-0.1, -0.05) is 19.8 Å². The van der Waals surface area contributed by atoms with Crippen molar-refractivity contribution >= 4 is 14.6 Å². The van der Waals surface area contributed by atoms with E-state index >= 15 is 0 Å². The molecule has 1 unspecified atom stereocenters. The summed E-state index contributed by atoms with van der Waals surface area (Å²) in [6.45, 7) is 6.94. The van der Waals surface area contributed by atoms with Gasteiger partial charge >= 0.3 is 0 Å². The molecule has 0 aromatic heterocycles. The molecule has 0 aliphatic heterocycles. The van der Waals surface area contributed by atoms with Crippen molar-refractivity contribution in [3.8, 4) is 0 Å². The van der Waals surface area contributed by atoms with Crippen molar-refractivity contribution in [2.24, 2.45) is 0 Å². The molecule has 0 aromatic rings. The number of ether oxygens (including phenoxy) is 1. The van der Waals surface area contributed by atoms with Crippen molar-refractivity contribution in [3.63, 3.8) is 0 Å². The highest BCUT2D eigenvalue weighted by Crippen LogP contribution is 2.15. The Morgan fingerprint density at radius 3 is 2.50 bits per heavy atom. The van der Waals surface area contributed by atoms with Crippen LogP contribution in [-0.2, 0) is 14.0 Å². The van der Waals surface area contributed by atoms with E-state index in [-0.39, 0.29) is 0 Å². The Labute approximate surface area is 87.9 Å². The predicted octanol–water partition coefficient (Wildman–Crippen LogP) is 2.22. The number of methoxy groups -OCH3 is 1. The number of hydrogen-bond acceptors (Lipinski definition) is 3. The molecule has 0 heterocycles. The summed E-state index contributed by atoms with van der Waals surface area (Å²) in [6.07, 6.45) is 2.80. The molecule has 4 heteroatoms. The Balaban J connectivity index is 3.78. The Morgan fingerprint density at radius 2 is 2.07 bits per heavy atom. The molecule has 0 saturated heterocycles. The van der Waals surface area contributed by atoms with Crippen molar-refractivity contribution < 1.29 is 14.0 Å². The molecule has 3 nitrogen and oxygen atoms in total. The molecule has 0 amide bonds. The lowest BCUT2D eigenvalue weighted by Crippen LogP contribution is -2.34. The number of aldehydes is 1. The summed E-state index contributed by atoms with van der Waals surface area (Å²) in [5, 5.41) is 0. The second kappa shape index (κ2) is 7.15. The third kappa shape index (κ3) is 6.29. The summed E-state index contributed by atoms with van der Waals surface area (Å²) in [5.74, 6) is 0. The molecule has 0 saturated carbocycles. The molecule has 0 aliphatic rings. The van der Waals surface area contributed by atoms with Crippen LogP contribution in [-0.4, -0.2) is 34.4 Å². The molecule has 0 fully saturated rings. The van der Waals surface area contributed by atoms with E-state index in [4.69, 9.17) is 9.16 Å². The summed E-state index contributed by atoms with van der Waals surface area (Å²) in [4.78, 5) is 10.5. The SMILES string of the molecule is CCCC[Si](C)(C)OCC(C=O)OC. The van der Waals surface area contributed by atoms with E-state index in [1.807, 2.05) is 0 Å². The van der Waals surface area contributed by atoms with Gasteiger partial charge in [0, 0.05) is 7.11 Å². The van der Waals surface area contributed by atoms with Gasteiger partial charge in [0.05, 0.1) is 6.61 Å². The fraction of sp³-hybridized carbons (Fsp3) is 0.900. The van der Waals surface area contributed by atoms with E-state index in [0.29, 0.717) is 6.61 Å². The van der Waals surface area contributed by atoms with Crippen molar-refractivity contribution in [1.29, 1.82) is 0 Å². The lowest BCUT2D eigenvalue weighted by molar-refractivity contribution is -0.118. The normalized spacial score (nSPS) is 14.0. The summed E-state index contributed by atoms with van der Waals surface area (Å²) in [6, 6.07) is 1.15. The van der Waals surface area contributed by atoms with E-state index < -0.39 is 14.4 Å². The molecule has 0 radical (unpaired) electrons. The fourth-order valence-corrected chi connectivity index (χ4v) is 3.11. The summed E-state index contributed by atoms with van der Waals surface area (Å²) >= 11 is 0. The molecule has 0 rings (SSSR count). The molecule has 84 valence electrons. The quantitative estimate of drug-likeness (QED) is 0.463. The molecule has 0 bridgehead atoms. The number of carbonyl (C=O) groups excluding carboxylic acids is 1. The zero-order valence-electron chi connectivity index (χ0n) is 9.71. The minimum atomic E-state index is -1.56. The second-order valence-electron chi connectivity index (χ2n) is 4.08. The van der Waals surface area contributed by atoms with Gasteiger partial charge in [0.15, 0.2) is 14.6 Å². The van der Waals surface area contributed by atoms with Gasteiger partial charge in [-0.15, -0.1) is 0 Å². The van der Waals surface area contributed by atoms with Gasteiger partial charge in [0.2, 0.25) is 0 Å². The predicted molar refractivity (Wildman–Crippen MR) is 60.0 cm³/mol. The molecule has 0 aliphatic carbocycles. The molecule has 0 aromatic carbocycles. The Morgan fingerprint density at radius 1 is 1.43 bits per heavy atom. The maximum absolute atomic E-state index is 10.5. The maximum atomic E-state index is 10.5. The Bertz CT molecular complexity index is 159. The van der Waals surface area contributed by atoms with Crippen LogP contribution in [0.2, 0.25) is 19.1 Å². The first-order valence-electron chi connectivity index (χ1n) is 5.17. The number of carbonyl (C=O) groups is 1. The summed E-state index contributed by atoms with van der Waals surface area (Å²) in [7, 11) is -0.0277. The highest BCUT2D eigenvalue weighted by molar-refractivity contribution is 6.71. The molecule has 1 atom stereocenters. The van der Waals surface area contributed by atoms with E-state index in [9.17, 15) is 4.79 Å². The first-order chi connectivity index (χ1) is 6.55. The van der Waals surface area contributed by atoms with Crippen molar-refractivity contribution in [1.82, 2.24) is 0 Å². The van der Waals surface area contributed by atoms with Gasteiger partial charge < -0.3 is 14.0 Å². The first-order valence-corrected chi connectivity index (χ1v) is 8.29. The molecular weight excluding hydrogens is 196 g/mol. The topological polar surface area (TPSA) is 35.5 Å². The average Bonchev–Trinajstić information content (AvgIpc) is 2.16. The van der Waals surface area contributed by atoms with Crippen LogP contribution in [0.25, 0.3) is 0 Å². The van der Waals surface area contributed by atoms with Crippen molar-refractivity contribution in [3.05, 3.63) is 0 Å². The Hall–Kier alpha value is -0.193. The second-order valence-corrected chi connectivity index (χ2v) is 8.39. The highest BCUT2D eigenvalue weighted by Gasteiger charge is 2.22. The van der Waals surface area contributed by atoms with Gasteiger partial charge in [-0.25, -0.2) is 0 Å². The van der Waals surface area contributed by atoms with Gasteiger partial charge in [0.1, 0.15) is 6.10 Å². The number of rotatable bonds is 8. The van der Waals surface area contributed by atoms with Crippen LogP contribution in [0, 0.1) is 0 Å². The van der Waals surface area contributed by atoms with Crippen LogP contribution in [0.5, 0.6) is 0 Å². The Kier molecular flexibility index (Phi) is 7.05. The zero-order valence-corrected chi connectivity index (χ0v) is 10.7. The molecular formula is C10H22O3Si. The van der Waals surface area contributed by atoms with Crippen LogP contribution in [0.4, 0.5) is 0 Å². The van der Waals surface area contributed by atoms with Gasteiger partial charge in [-0.2, -0.15) is 0 Å². The van der Waals surface area contributed by atoms with Crippen LogP contribution in [0.3, 0.4) is 0 Å². The third-order valence-corrected chi connectivity index (χ3v) is 4.73. The number of unbranched alkanes of at least 4 members (excludes halogenated alkanes) is 1. The van der Waals surface area contributed by atoms with Crippen LogP contribution in [0.15, 0.2) is 0 Å². The van der Waals surface area contributed by atoms with Gasteiger partial charge in [-0.3, -0.25) is 0 Å². The molecule has 0 N–H and O–H groups in total. The average molecular weight is 218 g/mol. The fourth-order valence-electron chi connectivity index (χ4n) is 1.15. The third-order valence-electron chi connectivity index (χ3n) is 2.23. The standard InChI is InChI=1S/C10H22O3Si/c1-5-6-7-14(3,4)13-9-10(8-11)12-2/h8,10H,5-7,9H2,1-4H3. The van der Waals surface area contributed by atoms with Crippen LogP contribution >= 0.6 is 0 Å². The summed E-state index contributed by atoms with van der Waals surface area (Å²) < 4.78 is 10.7. The van der Waals surface area contributed by atoms with Gasteiger partial charge in [0.25, 0.3) is 0 Å². The minimum Gasteiger partial charge on any atom is -0.414 e. The first kappa shape index (κ1) is 13.8.